The number of hydrogen-bond acceptors (Lipinski definition) is 3. The second kappa shape index (κ2) is 3.86. The lowest BCUT2D eigenvalue weighted by atomic mass is 10.6. The molecule has 0 aliphatic rings. The highest BCUT2D eigenvalue weighted by Gasteiger charge is 2.22. The van der Waals surface area contributed by atoms with Gasteiger partial charge in [0, 0.05) is 7.05 Å². The minimum absolute atomic E-state index is 0.263. The average molecular weight is 194 g/mol. The average Bonchev–Trinajstić information content (AvgIpc) is 1.85. The van der Waals surface area contributed by atoms with Gasteiger partial charge in [-0.1, -0.05) is 0 Å². The van der Waals surface area contributed by atoms with E-state index in [2.05, 4.69) is 0 Å². The second-order valence-electron chi connectivity index (χ2n) is 2.82. The van der Waals surface area contributed by atoms with Crippen molar-refractivity contribution in [2.75, 3.05) is 13.6 Å². The van der Waals surface area contributed by atoms with E-state index in [0.29, 0.717) is 0 Å². The van der Waals surface area contributed by atoms with Gasteiger partial charge in [-0.3, -0.25) is 4.79 Å². The molecule has 0 aliphatic heterocycles. The van der Waals surface area contributed by atoms with Crippen molar-refractivity contribution in [3.05, 3.63) is 0 Å². The van der Waals surface area contributed by atoms with E-state index in [4.69, 9.17) is 5.73 Å². The number of hydrogen-bond donors (Lipinski definition) is 1. The van der Waals surface area contributed by atoms with Crippen molar-refractivity contribution in [1.29, 1.82) is 0 Å². The molecule has 0 radical (unpaired) electrons. The lowest BCUT2D eigenvalue weighted by Crippen LogP contribution is -2.39. The largest absolute Gasteiger partial charge is 0.369 e. The first-order chi connectivity index (χ1) is 5.28. The number of nitrogens with two attached hydrogens (primary N) is 1. The minimum atomic E-state index is -3.34. The van der Waals surface area contributed by atoms with E-state index < -0.39 is 21.2 Å². The molecule has 0 aromatic carbocycles. The summed E-state index contributed by atoms with van der Waals surface area (Å²) in [5.74, 6) is -0.651. The normalized spacial score (nSPS) is 12.4. The third-order valence-electron chi connectivity index (χ3n) is 1.41. The summed E-state index contributed by atoms with van der Waals surface area (Å²) >= 11 is 0. The number of carbonyl (C=O) groups is 1. The van der Waals surface area contributed by atoms with Crippen LogP contribution >= 0.6 is 0 Å². The predicted octanol–water partition coefficient (Wildman–Crippen LogP) is -0.858. The first-order valence-corrected chi connectivity index (χ1v) is 5.02. The molecule has 0 atom stereocenters. The van der Waals surface area contributed by atoms with Crippen LogP contribution in [0.15, 0.2) is 0 Å². The van der Waals surface area contributed by atoms with Crippen LogP contribution in [0, 0.1) is 0 Å². The second-order valence-corrected chi connectivity index (χ2v) is 5.41. The maximum Gasteiger partial charge on any atom is 0.232 e. The number of carbonyl (C=O) groups excluding carboxylic acids is 1. The van der Waals surface area contributed by atoms with E-state index in [1.54, 1.807) is 13.8 Å². The quantitative estimate of drug-likeness (QED) is 0.632. The lowest BCUT2D eigenvalue weighted by molar-refractivity contribution is -0.118. The highest BCUT2D eigenvalue weighted by molar-refractivity contribution is 7.89. The zero-order valence-electron chi connectivity index (χ0n) is 7.44. The summed E-state index contributed by atoms with van der Waals surface area (Å²) in [4.78, 5) is 10.4. The molecule has 0 aromatic heterocycles. The van der Waals surface area contributed by atoms with Gasteiger partial charge >= 0.3 is 0 Å². The Kier molecular flexibility index (Phi) is 3.66. The van der Waals surface area contributed by atoms with E-state index in [-0.39, 0.29) is 6.54 Å². The summed E-state index contributed by atoms with van der Waals surface area (Å²) in [7, 11) is -2.01. The molecule has 0 heterocycles. The number of likely N-dealkylation sites (N-methyl/N-ethyl adjacent to an activating group) is 1. The van der Waals surface area contributed by atoms with E-state index in [0.717, 1.165) is 4.31 Å². The summed E-state index contributed by atoms with van der Waals surface area (Å²) in [6.07, 6.45) is 0. The Morgan fingerprint density at radius 3 is 2.17 bits per heavy atom. The van der Waals surface area contributed by atoms with Gasteiger partial charge in [-0.2, -0.15) is 4.31 Å². The van der Waals surface area contributed by atoms with Crippen molar-refractivity contribution in [1.82, 2.24) is 4.31 Å². The van der Waals surface area contributed by atoms with Gasteiger partial charge in [0.1, 0.15) is 0 Å². The van der Waals surface area contributed by atoms with Crippen molar-refractivity contribution < 1.29 is 13.2 Å². The lowest BCUT2D eigenvalue weighted by Gasteiger charge is -2.17. The molecule has 6 heteroatoms. The maximum atomic E-state index is 11.3. The summed E-state index contributed by atoms with van der Waals surface area (Å²) < 4.78 is 23.5. The molecule has 0 saturated heterocycles. The summed E-state index contributed by atoms with van der Waals surface area (Å²) in [6, 6.07) is 0. The van der Waals surface area contributed by atoms with Gasteiger partial charge in [0.05, 0.1) is 11.8 Å². The van der Waals surface area contributed by atoms with Crippen LogP contribution in [0.2, 0.25) is 0 Å². The van der Waals surface area contributed by atoms with Crippen molar-refractivity contribution in [2.24, 2.45) is 5.73 Å². The van der Waals surface area contributed by atoms with E-state index in [9.17, 15) is 13.2 Å². The van der Waals surface area contributed by atoms with Gasteiger partial charge in [-0.15, -0.1) is 0 Å². The van der Waals surface area contributed by atoms with Gasteiger partial charge in [-0.05, 0) is 13.8 Å². The Morgan fingerprint density at radius 2 is 1.92 bits per heavy atom. The third kappa shape index (κ3) is 2.78. The van der Waals surface area contributed by atoms with Gasteiger partial charge in [0.15, 0.2) is 0 Å². The fourth-order valence-corrected chi connectivity index (χ4v) is 1.70. The van der Waals surface area contributed by atoms with Gasteiger partial charge < -0.3 is 5.73 Å². The molecule has 0 unspecified atom stereocenters. The van der Waals surface area contributed by atoms with Crippen LogP contribution < -0.4 is 5.73 Å². The molecular formula is C6H14N2O3S. The van der Waals surface area contributed by atoms with Crippen molar-refractivity contribution >= 4 is 15.9 Å². The zero-order chi connectivity index (χ0) is 9.94. The molecule has 0 fully saturated rings. The number of sulfonamides is 1. The topological polar surface area (TPSA) is 80.5 Å². The summed E-state index contributed by atoms with van der Waals surface area (Å²) in [5, 5.41) is -0.526. The van der Waals surface area contributed by atoms with Crippen LogP contribution in [-0.4, -0.2) is 37.5 Å². The maximum absolute atomic E-state index is 11.3. The molecule has 0 spiro atoms. The molecule has 0 saturated carbocycles. The molecule has 72 valence electrons. The van der Waals surface area contributed by atoms with E-state index in [1.165, 1.54) is 7.05 Å². The third-order valence-corrected chi connectivity index (χ3v) is 3.60. The highest BCUT2D eigenvalue weighted by Crippen LogP contribution is 2.04. The smallest absolute Gasteiger partial charge is 0.232 e. The Bertz CT molecular complexity index is 258. The standard InChI is InChI=1S/C6H14N2O3S/c1-5(2)12(10,11)8(3)4-6(7)9/h5H,4H2,1-3H3,(H2,7,9). The first kappa shape index (κ1) is 11.4. The fraction of sp³-hybridized carbons (Fsp3) is 0.833. The van der Waals surface area contributed by atoms with Crippen LogP contribution in [0.25, 0.3) is 0 Å². The molecule has 0 aliphatic carbocycles. The van der Waals surface area contributed by atoms with Crippen molar-refractivity contribution in [3.63, 3.8) is 0 Å². The van der Waals surface area contributed by atoms with Crippen molar-refractivity contribution in [2.45, 2.75) is 19.1 Å². The number of amides is 1. The van der Waals surface area contributed by atoms with Crippen LogP contribution in [0.5, 0.6) is 0 Å². The Balaban J connectivity index is 4.48. The molecular weight excluding hydrogens is 180 g/mol. The van der Waals surface area contributed by atoms with Gasteiger partial charge in [0.25, 0.3) is 0 Å². The highest BCUT2D eigenvalue weighted by atomic mass is 32.2. The summed E-state index contributed by atoms with van der Waals surface area (Å²) in [6.45, 7) is 2.83. The number of primary amides is 1. The van der Waals surface area contributed by atoms with E-state index >= 15 is 0 Å². The minimum Gasteiger partial charge on any atom is -0.369 e. The first-order valence-electron chi connectivity index (χ1n) is 3.52. The monoisotopic (exact) mass is 194 g/mol. The van der Waals surface area contributed by atoms with Crippen molar-refractivity contribution in [3.8, 4) is 0 Å². The van der Waals surface area contributed by atoms with Crippen LogP contribution in [0.3, 0.4) is 0 Å². The molecule has 0 bridgehead atoms. The molecule has 2 N–H and O–H groups in total. The molecule has 0 rings (SSSR count). The number of nitrogens with zero attached hydrogens (tertiary/aromatic N) is 1. The Labute approximate surface area is 72.6 Å². The predicted molar refractivity (Wildman–Crippen MR) is 45.9 cm³/mol. The van der Waals surface area contributed by atoms with E-state index in [1.807, 2.05) is 0 Å². The molecule has 5 nitrogen and oxygen atoms in total. The van der Waals surface area contributed by atoms with Crippen LogP contribution in [-0.2, 0) is 14.8 Å². The van der Waals surface area contributed by atoms with Crippen LogP contribution in [0.1, 0.15) is 13.8 Å². The molecule has 0 aromatic rings. The van der Waals surface area contributed by atoms with Gasteiger partial charge in [-0.25, -0.2) is 8.42 Å². The zero-order valence-corrected chi connectivity index (χ0v) is 8.26. The molecule has 12 heavy (non-hydrogen) atoms. The SMILES string of the molecule is CC(C)S(=O)(=O)N(C)CC(N)=O. The number of rotatable bonds is 4. The fourth-order valence-electron chi connectivity index (χ4n) is 0.669. The Morgan fingerprint density at radius 1 is 1.50 bits per heavy atom. The van der Waals surface area contributed by atoms with Gasteiger partial charge in [0.2, 0.25) is 15.9 Å². The molecule has 1 amide bonds. The van der Waals surface area contributed by atoms with Crippen LogP contribution in [0.4, 0.5) is 0 Å². The summed E-state index contributed by atoms with van der Waals surface area (Å²) in [5.41, 5.74) is 4.85. The Hall–Kier alpha value is -0.620.